The zero-order chi connectivity index (χ0) is 11.5. The second kappa shape index (κ2) is 4.65. The lowest BCUT2D eigenvalue weighted by Gasteiger charge is -2.08. The molecule has 0 bridgehead atoms. The van der Waals surface area contributed by atoms with Crippen LogP contribution in [0.15, 0.2) is 4.42 Å². The Morgan fingerprint density at radius 1 is 1.62 bits per heavy atom. The molecule has 1 unspecified atom stereocenters. The van der Waals surface area contributed by atoms with Gasteiger partial charge in [0.2, 0.25) is 5.76 Å². The fraction of sp³-hybridized carbons (Fsp3) is 0.636. The fourth-order valence-corrected chi connectivity index (χ4v) is 1.71. The van der Waals surface area contributed by atoms with Gasteiger partial charge in [0.05, 0.1) is 18.3 Å². The summed E-state index contributed by atoms with van der Waals surface area (Å²) in [6, 6.07) is 0.0991. The molecule has 2 rings (SSSR count). The van der Waals surface area contributed by atoms with Gasteiger partial charge >= 0.3 is 0 Å². The molecule has 0 saturated carbocycles. The van der Waals surface area contributed by atoms with E-state index in [2.05, 4.69) is 10.3 Å². The highest BCUT2D eigenvalue weighted by Gasteiger charge is 2.22. The van der Waals surface area contributed by atoms with Crippen molar-refractivity contribution in [2.75, 3.05) is 13.2 Å². The zero-order valence-electron chi connectivity index (χ0n) is 9.58. The second-order valence-corrected chi connectivity index (χ2v) is 3.91. The molecule has 2 heterocycles. The smallest absolute Gasteiger partial charge is 0.289 e. The molecule has 1 aliphatic heterocycles. The average molecular weight is 224 g/mol. The highest BCUT2D eigenvalue weighted by atomic mass is 16.5. The third-order valence-electron chi connectivity index (χ3n) is 2.61. The summed E-state index contributed by atoms with van der Waals surface area (Å²) in [6.45, 7) is 5.01. The Morgan fingerprint density at radius 2 is 2.44 bits per heavy atom. The van der Waals surface area contributed by atoms with Crippen LogP contribution in [0.5, 0.6) is 0 Å². The van der Waals surface area contributed by atoms with Gasteiger partial charge in [-0.05, 0) is 13.3 Å². The van der Waals surface area contributed by atoms with Gasteiger partial charge in [-0.15, -0.1) is 0 Å². The standard InChI is InChI=1S/C11H16N2O3/c1-3-9-12-7(2)10(16-9)11(14)13-8-4-5-15-6-8/h8H,3-6H2,1-2H3,(H,13,14). The minimum atomic E-state index is -0.194. The molecule has 1 amide bonds. The highest BCUT2D eigenvalue weighted by Crippen LogP contribution is 2.12. The summed E-state index contributed by atoms with van der Waals surface area (Å²) in [5.41, 5.74) is 0.647. The van der Waals surface area contributed by atoms with Crippen LogP contribution in [0.1, 0.15) is 35.5 Å². The molecule has 0 aliphatic carbocycles. The van der Waals surface area contributed by atoms with Crippen molar-refractivity contribution in [3.63, 3.8) is 0 Å². The number of ether oxygens (including phenoxy) is 1. The predicted octanol–water partition coefficient (Wildman–Crippen LogP) is 1.06. The average Bonchev–Trinajstić information content (AvgIpc) is 2.87. The van der Waals surface area contributed by atoms with E-state index in [-0.39, 0.29) is 11.9 Å². The molecule has 1 atom stereocenters. The Morgan fingerprint density at radius 3 is 3.00 bits per heavy atom. The third kappa shape index (κ3) is 2.24. The first-order valence-electron chi connectivity index (χ1n) is 5.55. The fourth-order valence-electron chi connectivity index (χ4n) is 1.71. The van der Waals surface area contributed by atoms with Crippen molar-refractivity contribution in [3.05, 3.63) is 17.3 Å². The topological polar surface area (TPSA) is 64.4 Å². The summed E-state index contributed by atoms with van der Waals surface area (Å²) < 4.78 is 10.6. The molecule has 0 radical (unpaired) electrons. The molecular formula is C11H16N2O3. The van der Waals surface area contributed by atoms with Crippen molar-refractivity contribution < 1.29 is 13.9 Å². The Hall–Kier alpha value is -1.36. The van der Waals surface area contributed by atoms with Gasteiger partial charge in [-0.3, -0.25) is 4.79 Å². The Bertz CT molecular complexity index is 381. The summed E-state index contributed by atoms with van der Waals surface area (Å²) in [5.74, 6) is 0.731. The summed E-state index contributed by atoms with van der Waals surface area (Å²) in [7, 11) is 0. The van der Waals surface area contributed by atoms with Gasteiger partial charge in [0.25, 0.3) is 5.91 Å². The maximum absolute atomic E-state index is 11.9. The molecule has 5 nitrogen and oxygen atoms in total. The number of aromatic nitrogens is 1. The molecule has 0 aromatic carbocycles. The molecule has 1 saturated heterocycles. The molecule has 0 spiro atoms. The van der Waals surface area contributed by atoms with Gasteiger partial charge in [-0.2, -0.15) is 0 Å². The van der Waals surface area contributed by atoms with Crippen LogP contribution in [0.25, 0.3) is 0 Å². The van der Waals surface area contributed by atoms with E-state index in [0.717, 1.165) is 6.42 Å². The number of carbonyl (C=O) groups is 1. The second-order valence-electron chi connectivity index (χ2n) is 3.91. The molecule has 1 aromatic heterocycles. The van der Waals surface area contributed by atoms with Crippen molar-refractivity contribution in [2.45, 2.75) is 32.7 Å². The van der Waals surface area contributed by atoms with E-state index in [0.29, 0.717) is 37.0 Å². The molecule has 1 fully saturated rings. The quantitative estimate of drug-likeness (QED) is 0.834. The van der Waals surface area contributed by atoms with Crippen LogP contribution in [-0.2, 0) is 11.2 Å². The van der Waals surface area contributed by atoms with Gasteiger partial charge in [0.1, 0.15) is 0 Å². The normalized spacial score (nSPS) is 20.0. The van der Waals surface area contributed by atoms with E-state index in [1.54, 1.807) is 6.92 Å². The van der Waals surface area contributed by atoms with Gasteiger partial charge in [-0.1, -0.05) is 6.92 Å². The van der Waals surface area contributed by atoms with Crippen LogP contribution in [-0.4, -0.2) is 30.1 Å². The van der Waals surface area contributed by atoms with Crippen molar-refractivity contribution in [1.29, 1.82) is 0 Å². The Kier molecular flexibility index (Phi) is 3.24. The number of nitrogens with zero attached hydrogens (tertiary/aromatic N) is 1. The lowest BCUT2D eigenvalue weighted by atomic mass is 10.2. The van der Waals surface area contributed by atoms with E-state index in [1.165, 1.54) is 0 Å². The zero-order valence-corrected chi connectivity index (χ0v) is 9.58. The lowest BCUT2D eigenvalue weighted by Crippen LogP contribution is -2.35. The molecular weight excluding hydrogens is 208 g/mol. The third-order valence-corrected chi connectivity index (χ3v) is 2.61. The lowest BCUT2D eigenvalue weighted by molar-refractivity contribution is 0.0899. The van der Waals surface area contributed by atoms with Crippen LogP contribution in [0.2, 0.25) is 0 Å². The number of oxazole rings is 1. The van der Waals surface area contributed by atoms with Gasteiger partial charge < -0.3 is 14.5 Å². The maximum atomic E-state index is 11.9. The number of rotatable bonds is 3. The number of carbonyl (C=O) groups excluding carboxylic acids is 1. The molecule has 5 heteroatoms. The van der Waals surface area contributed by atoms with Gasteiger partial charge in [0.15, 0.2) is 5.89 Å². The summed E-state index contributed by atoms with van der Waals surface area (Å²) in [5, 5.41) is 2.88. The van der Waals surface area contributed by atoms with Crippen molar-refractivity contribution in [3.8, 4) is 0 Å². The van der Waals surface area contributed by atoms with Crippen LogP contribution in [0, 0.1) is 6.92 Å². The Labute approximate surface area is 94.2 Å². The molecule has 16 heavy (non-hydrogen) atoms. The summed E-state index contributed by atoms with van der Waals surface area (Å²) >= 11 is 0. The minimum absolute atomic E-state index is 0.0991. The molecule has 1 aliphatic rings. The summed E-state index contributed by atoms with van der Waals surface area (Å²) in [6.07, 6.45) is 1.56. The van der Waals surface area contributed by atoms with Crippen LogP contribution >= 0.6 is 0 Å². The SMILES string of the molecule is CCc1nc(C)c(C(=O)NC2CCOC2)o1. The first-order valence-corrected chi connectivity index (χ1v) is 5.55. The van der Waals surface area contributed by atoms with E-state index in [1.807, 2.05) is 6.92 Å². The monoisotopic (exact) mass is 224 g/mol. The van der Waals surface area contributed by atoms with Gasteiger partial charge in [0, 0.05) is 13.0 Å². The van der Waals surface area contributed by atoms with Crippen molar-refractivity contribution >= 4 is 5.91 Å². The largest absolute Gasteiger partial charge is 0.435 e. The van der Waals surface area contributed by atoms with Crippen LogP contribution in [0.3, 0.4) is 0 Å². The minimum Gasteiger partial charge on any atom is -0.435 e. The Balaban J connectivity index is 2.04. The first-order chi connectivity index (χ1) is 7.70. The predicted molar refractivity (Wildman–Crippen MR) is 57.3 cm³/mol. The van der Waals surface area contributed by atoms with Crippen LogP contribution < -0.4 is 5.32 Å². The maximum Gasteiger partial charge on any atom is 0.289 e. The number of hydrogen-bond donors (Lipinski definition) is 1. The number of amides is 1. The number of hydrogen-bond acceptors (Lipinski definition) is 4. The van der Waals surface area contributed by atoms with Crippen molar-refractivity contribution in [1.82, 2.24) is 10.3 Å². The van der Waals surface area contributed by atoms with E-state index in [9.17, 15) is 4.79 Å². The highest BCUT2D eigenvalue weighted by molar-refractivity contribution is 5.92. The van der Waals surface area contributed by atoms with E-state index >= 15 is 0 Å². The number of nitrogens with one attached hydrogen (secondary N) is 1. The van der Waals surface area contributed by atoms with Crippen LogP contribution in [0.4, 0.5) is 0 Å². The van der Waals surface area contributed by atoms with Gasteiger partial charge in [-0.25, -0.2) is 4.98 Å². The molecule has 88 valence electrons. The van der Waals surface area contributed by atoms with E-state index < -0.39 is 0 Å². The molecule has 1 N–H and O–H groups in total. The van der Waals surface area contributed by atoms with E-state index in [4.69, 9.17) is 9.15 Å². The molecule has 1 aromatic rings. The number of aryl methyl sites for hydroxylation is 2. The van der Waals surface area contributed by atoms with Crippen molar-refractivity contribution in [2.24, 2.45) is 0 Å². The summed E-state index contributed by atoms with van der Waals surface area (Å²) in [4.78, 5) is 16.0. The first kappa shape index (κ1) is 11.1.